The van der Waals surface area contributed by atoms with Gasteiger partial charge in [-0.3, -0.25) is 4.90 Å². The highest BCUT2D eigenvalue weighted by Gasteiger charge is 2.26. The van der Waals surface area contributed by atoms with Crippen LogP contribution in [-0.4, -0.2) is 61.2 Å². The van der Waals surface area contributed by atoms with Gasteiger partial charge in [-0.15, -0.1) is 0 Å². The molecule has 118 valence electrons. The summed E-state index contributed by atoms with van der Waals surface area (Å²) in [5.41, 5.74) is 0. The monoisotopic (exact) mass is 281 g/mol. The van der Waals surface area contributed by atoms with Crippen LogP contribution in [0, 0.1) is 5.92 Å². The fourth-order valence-electron chi connectivity index (χ4n) is 3.88. The molecule has 0 aromatic carbocycles. The molecule has 3 nitrogen and oxygen atoms in total. The molecule has 1 N–H and O–H groups in total. The number of likely N-dealkylation sites (tertiary alicyclic amines) is 1. The van der Waals surface area contributed by atoms with E-state index in [2.05, 4.69) is 35.9 Å². The summed E-state index contributed by atoms with van der Waals surface area (Å²) in [7, 11) is 0. The number of nitrogens with one attached hydrogen (secondary N) is 1. The highest BCUT2D eigenvalue weighted by Crippen LogP contribution is 2.19. The van der Waals surface area contributed by atoms with E-state index in [1.54, 1.807) is 0 Å². The normalized spacial score (nSPS) is 26.6. The molecule has 3 heteroatoms. The molecule has 0 radical (unpaired) electrons. The minimum atomic E-state index is 0.748. The van der Waals surface area contributed by atoms with Gasteiger partial charge in [-0.25, -0.2) is 0 Å². The minimum absolute atomic E-state index is 0.748. The first-order valence-electron chi connectivity index (χ1n) is 8.88. The van der Waals surface area contributed by atoms with Gasteiger partial charge < -0.3 is 10.2 Å². The lowest BCUT2D eigenvalue weighted by Crippen LogP contribution is -2.50. The van der Waals surface area contributed by atoms with Crippen LogP contribution in [0.2, 0.25) is 0 Å². The van der Waals surface area contributed by atoms with Crippen LogP contribution in [0.15, 0.2) is 0 Å². The predicted octanol–water partition coefficient (Wildman–Crippen LogP) is 2.57. The molecule has 0 aromatic heterocycles. The fourth-order valence-corrected chi connectivity index (χ4v) is 3.88. The molecule has 0 saturated carbocycles. The third-order valence-electron chi connectivity index (χ3n) is 4.97. The van der Waals surface area contributed by atoms with Gasteiger partial charge in [-0.1, -0.05) is 27.2 Å². The number of nitrogens with zero attached hydrogens (tertiary/aromatic N) is 2. The molecule has 2 aliphatic heterocycles. The number of piperidine rings is 2. The van der Waals surface area contributed by atoms with Gasteiger partial charge in [0.1, 0.15) is 0 Å². The van der Waals surface area contributed by atoms with E-state index in [1.165, 1.54) is 71.4 Å². The van der Waals surface area contributed by atoms with E-state index in [1.807, 2.05) is 0 Å². The van der Waals surface area contributed by atoms with Crippen LogP contribution in [0.1, 0.15) is 52.9 Å². The summed E-state index contributed by atoms with van der Waals surface area (Å²) in [6.07, 6.45) is 6.90. The lowest BCUT2D eigenvalue weighted by atomic mass is 9.99. The number of likely N-dealkylation sites (N-methyl/N-ethyl adjacent to an activating group) is 1. The Bertz CT molecular complexity index is 253. The van der Waals surface area contributed by atoms with E-state index in [4.69, 9.17) is 0 Å². The van der Waals surface area contributed by atoms with Gasteiger partial charge in [0.15, 0.2) is 0 Å². The number of rotatable bonds is 6. The van der Waals surface area contributed by atoms with Crippen molar-refractivity contribution in [2.24, 2.45) is 5.92 Å². The van der Waals surface area contributed by atoms with Crippen LogP contribution in [0.5, 0.6) is 0 Å². The van der Waals surface area contributed by atoms with Crippen molar-refractivity contribution in [3.8, 4) is 0 Å². The molecule has 1 atom stereocenters. The molecule has 2 heterocycles. The van der Waals surface area contributed by atoms with E-state index in [0.717, 1.165) is 18.0 Å². The number of hydrogen-bond acceptors (Lipinski definition) is 3. The lowest BCUT2D eigenvalue weighted by molar-refractivity contribution is 0.0947. The molecule has 1 unspecified atom stereocenters. The molecule has 2 aliphatic rings. The maximum absolute atomic E-state index is 3.71. The van der Waals surface area contributed by atoms with Crippen molar-refractivity contribution in [1.82, 2.24) is 15.1 Å². The third-order valence-corrected chi connectivity index (χ3v) is 4.97. The van der Waals surface area contributed by atoms with Crippen LogP contribution < -0.4 is 5.32 Å². The first-order chi connectivity index (χ1) is 9.69. The highest BCUT2D eigenvalue weighted by atomic mass is 15.2. The number of hydrogen-bond donors (Lipinski definition) is 1. The maximum atomic E-state index is 3.71. The molecule has 0 bridgehead atoms. The Labute approximate surface area is 126 Å². The van der Waals surface area contributed by atoms with Crippen LogP contribution in [0.4, 0.5) is 0 Å². The van der Waals surface area contributed by atoms with E-state index >= 15 is 0 Å². The van der Waals surface area contributed by atoms with Gasteiger partial charge in [0.25, 0.3) is 0 Å². The van der Waals surface area contributed by atoms with E-state index in [-0.39, 0.29) is 0 Å². The van der Waals surface area contributed by atoms with Gasteiger partial charge in [-0.2, -0.15) is 0 Å². The first kappa shape index (κ1) is 16.3. The van der Waals surface area contributed by atoms with Crippen LogP contribution in [-0.2, 0) is 0 Å². The second kappa shape index (κ2) is 8.35. The summed E-state index contributed by atoms with van der Waals surface area (Å²) in [5.74, 6) is 0.806. The van der Waals surface area contributed by atoms with Gasteiger partial charge in [-0.05, 0) is 57.8 Å². The third kappa shape index (κ3) is 5.01. The maximum Gasteiger partial charge on any atom is 0.0195 e. The van der Waals surface area contributed by atoms with Crippen molar-refractivity contribution in [3.05, 3.63) is 0 Å². The fraction of sp³-hybridized carbons (Fsp3) is 1.00. The zero-order valence-electron chi connectivity index (χ0n) is 13.9. The second-order valence-corrected chi connectivity index (χ2v) is 7.16. The van der Waals surface area contributed by atoms with Crippen molar-refractivity contribution in [2.45, 2.75) is 65.0 Å². The van der Waals surface area contributed by atoms with Crippen molar-refractivity contribution in [2.75, 3.05) is 39.3 Å². The predicted molar refractivity (Wildman–Crippen MR) is 87.2 cm³/mol. The molecular weight excluding hydrogens is 246 g/mol. The summed E-state index contributed by atoms with van der Waals surface area (Å²) in [5, 5.41) is 3.71. The summed E-state index contributed by atoms with van der Waals surface area (Å²) in [6.45, 7) is 14.6. The largest absolute Gasteiger partial charge is 0.313 e. The Hall–Kier alpha value is -0.120. The van der Waals surface area contributed by atoms with Gasteiger partial charge >= 0.3 is 0 Å². The Kier molecular flexibility index (Phi) is 6.79. The molecule has 0 amide bonds. The van der Waals surface area contributed by atoms with Gasteiger partial charge in [0.2, 0.25) is 0 Å². The lowest BCUT2D eigenvalue weighted by Gasteiger charge is -2.40. The first-order valence-corrected chi connectivity index (χ1v) is 8.88. The Morgan fingerprint density at radius 1 is 1.15 bits per heavy atom. The van der Waals surface area contributed by atoms with Crippen LogP contribution >= 0.6 is 0 Å². The van der Waals surface area contributed by atoms with Crippen molar-refractivity contribution >= 4 is 0 Å². The second-order valence-electron chi connectivity index (χ2n) is 7.16. The molecular formula is C17H35N3. The van der Waals surface area contributed by atoms with Crippen LogP contribution in [0.25, 0.3) is 0 Å². The zero-order chi connectivity index (χ0) is 14.4. The Morgan fingerprint density at radius 3 is 2.45 bits per heavy atom. The summed E-state index contributed by atoms with van der Waals surface area (Å²) >= 11 is 0. The molecule has 0 spiro atoms. The molecule has 0 aliphatic carbocycles. The average molecular weight is 281 g/mol. The summed E-state index contributed by atoms with van der Waals surface area (Å²) < 4.78 is 0. The minimum Gasteiger partial charge on any atom is -0.313 e. The highest BCUT2D eigenvalue weighted by molar-refractivity contribution is 4.83. The molecule has 0 aromatic rings. The van der Waals surface area contributed by atoms with Gasteiger partial charge in [0, 0.05) is 25.2 Å². The topological polar surface area (TPSA) is 18.5 Å². The quantitative estimate of drug-likeness (QED) is 0.807. The standard InChI is InChI=1S/C17H35N3/c1-4-20(14-16-7-5-6-10-18-16)17-8-11-19(12-9-17)13-15(2)3/h15-18H,4-14H2,1-3H3. The average Bonchev–Trinajstić information content (AvgIpc) is 2.46. The molecule has 20 heavy (non-hydrogen) atoms. The SMILES string of the molecule is CCN(CC1CCCCN1)C1CCN(CC(C)C)CC1. The van der Waals surface area contributed by atoms with E-state index < -0.39 is 0 Å². The molecule has 2 fully saturated rings. The Balaban J connectivity index is 1.74. The molecule has 2 saturated heterocycles. The van der Waals surface area contributed by atoms with E-state index in [9.17, 15) is 0 Å². The van der Waals surface area contributed by atoms with Crippen LogP contribution in [0.3, 0.4) is 0 Å². The zero-order valence-corrected chi connectivity index (χ0v) is 13.9. The van der Waals surface area contributed by atoms with Crippen molar-refractivity contribution < 1.29 is 0 Å². The Morgan fingerprint density at radius 2 is 1.90 bits per heavy atom. The summed E-state index contributed by atoms with van der Waals surface area (Å²) in [4.78, 5) is 5.41. The summed E-state index contributed by atoms with van der Waals surface area (Å²) in [6, 6.07) is 1.57. The van der Waals surface area contributed by atoms with E-state index in [0.29, 0.717) is 0 Å². The van der Waals surface area contributed by atoms with Crippen molar-refractivity contribution in [3.63, 3.8) is 0 Å². The van der Waals surface area contributed by atoms with Gasteiger partial charge in [0.05, 0.1) is 0 Å². The molecule has 2 rings (SSSR count). The van der Waals surface area contributed by atoms with Crippen molar-refractivity contribution in [1.29, 1.82) is 0 Å². The smallest absolute Gasteiger partial charge is 0.0195 e.